The number of hydrogen-bond donors (Lipinski definition) is 1. The van der Waals surface area contributed by atoms with Crippen LogP contribution in [0.4, 0.5) is 0 Å². The van der Waals surface area contributed by atoms with Gasteiger partial charge in [0.05, 0.1) is 17.3 Å². The number of nitrogens with zero attached hydrogens (tertiary/aromatic N) is 1. The van der Waals surface area contributed by atoms with E-state index < -0.39 is 5.41 Å². The van der Waals surface area contributed by atoms with Crippen LogP contribution in [0.15, 0.2) is 45.8 Å². The molecule has 0 bridgehead atoms. The summed E-state index contributed by atoms with van der Waals surface area (Å²) < 4.78 is 7.23. The number of aromatic nitrogens is 1. The summed E-state index contributed by atoms with van der Waals surface area (Å²) in [6, 6.07) is 8.41. The summed E-state index contributed by atoms with van der Waals surface area (Å²) in [6.07, 6.45) is 4.55. The molecule has 0 aliphatic rings. The molecule has 1 N–H and O–H groups in total. The minimum absolute atomic E-state index is 0.153. The monoisotopic (exact) mass is 492 g/mol. The van der Waals surface area contributed by atoms with Crippen LogP contribution < -0.4 is 20.1 Å². The molecule has 0 atom stereocenters. The third-order valence-electron chi connectivity index (χ3n) is 4.52. The second-order valence-electron chi connectivity index (χ2n) is 8.12. The second-order valence-corrected chi connectivity index (χ2v) is 10.0. The lowest BCUT2D eigenvalue weighted by Gasteiger charge is -2.12. The number of amides is 1. The normalized spacial score (nSPS) is 12.9. The fraction of sp³-hybridized carbons (Fsp3) is 0.261. The fourth-order valence-electron chi connectivity index (χ4n) is 2.68. The fourth-order valence-corrected chi connectivity index (χ4v) is 4.18. The van der Waals surface area contributed by atoms with Gasteiger partial charge >= 0.3 is 0 Å². The van der Waals surface area contributed by atoms with Crippen molar-refractivity contribution in [1.82, 2.24) is 9.88 Å². The van der Waals surface area contributed by atoms with Crippen molar-refractivity contribution in [3.63, 3.8) is 0 Å². The van der Waals surface area contributed by atoms with Gasteiger partial charge in [-0.25, -0.2) is 0 Å². The van der Waals surface area contributed by atoms with Gasteiger partial charge in [-0.1, -0.05) is 50.0 Å². The van der Waals surface area contributed by atoms with E-state index in [2.05, 4.69) is 5.32 Å². The molecule has 0 fully saturated rings. The minimum Gasteiger partial charge on any atom is -0.467 e. The van der Waals surface area contributed by atoms with Gasteiger partial charge in [0, 0.05) is 21.5 Å². The molecule has 0 unspecified atom stereocenters. The smallest absolute Gasteiger partial charge is 0.269 e. The molecule has 1 aromatic carbocycles. The van der Waals surface area contributed by atoms with Crippen LogP contribution in [0.2, 0.25) is 10.0 Å². The Morgan fingerprint density at radius 1 is 1.22 bits per heavy atom. The zero-order valence-electron chi connectivity index (χ0n) is 17.8. The molecule has 9 heteroatoms. The Hall–Kier alpha value is -2.61. The molecule has 168 valence electrons. The first-order chi connectivity index (χ1) is 15.0. The van der Waals surface area contributed by atoms with E-state index in [1.54, 1.807) is 57.2 Å². The Balaban J connectivity index is 2.02. The Morgan fingerprint density at radius 2 is 1.97 bits per heavy atom. The third kappa shape index (κ3) is 6.00. The van der Waals surface area contributed by atoms with Crippen molar-refractivity contribution in [1.29, 1.82) is 0 Å². The molecule has 6 nitrogen and oxygen atoms in total. The summed E-state index contributed by atoms with van der Waals surface area (Å²) in [5.41, 5.74) is -0.407. The molecular formula is C23H22Cl2N2O4S. The van der Waals surface area contributed by atoms with E-state index >= 15 is 0 Å². The number of thiazole rings is 1. The third-order valence-corrected chi connectivity index (χ3v) is 6.14. The Morgan fingerprint density at radius 3 is 2.59 bits per heavy atom. The molecule has 3 rings (SSSR count). The quantitative estimate of drug-likeness (QED) is 0.571. The molecule has 2 heterocycles. The lowest BCUT2D eigenvalue weighted by atomic mass is 9.91. The summed E-state index contributed by atoms with van der Waals surface area (Å²) in [5.74, 6) is 0.0620. The zero-order chi connectivity index (χ0) is 23.5. The number of hydrogen-bond acceptors (Lipinski definition) is 5. The van der Waals surface area contributed by atoms with E-state index in [-0.39, 0.29) is 30.3 Å². The van der Waals surface area contributed by atoms with E-state index in [9.17, 15) is 14.4 Å². The van der Waals surface area contributed by atoms with Crippen molar-refractivity contribution in [3.05, 3.63) is 77.5 Å². The van der Waals surface area contributed by atoms with Gasteiger partial charge in [-0.05, 0) is 35.9 Å². The van der Waals surface area contributed by atoms with E-state index in [1.165, 1.54) is 16.9 Å². The van der Waals surface area contributed by atoms with Crippen LogP contribution in [0.3, 0.4) is 0 Å². The first kappa shape index (κ1) is 24.0. The largest absolute Gasteiger partial charge is 0.467 e. The van der Waals surface area contributed by atoms with Gasteiger partial charge in [0.15, 0.2) is 5.78 Å². The molecule has 2 aromatic heterocycles. The average molecular weight is 493 g/mol. The lowest BCUT2D eigenvalue weighted by molar-refractivity contribution is -0.122. The molecule has 3 aromatic rings. The first-order valence-corrected chi connectivity index (χ1v) is 11.3. The van der Waals surface area contributed by atoms with E-state index in [0.717, 1.165) is 11.3 Å². The first-order valence-electron chi connectivity index (χ1n) is 9.76. The van der Waals surface area contributed by atoms with Crippen molar-refractivity contribution in [2.75, 3.05) is 0 Å². The summed E-state index contributed by atoms with van der Waals surface area (Å²) in [4.78, 5) is 38.2. The van der Waals surface area contributed by atoms with E-state index in [1.807, 2.05) is 0 Å². The molecule has 0 spiro atoms. The predicted octanol–water partition coefficient (Wildman–Crippen LogP) is 3.35. The molecular weight excluding hydrogens is 471 g/mol. The maximum atomic E-state index is 13.1. The van der Waals surface area contributed by atoms with E-state index in [4.69, 9.17) is 27.6 Å². The Kier molecular flexibility index (Phi) is 7.44. The highest BCUT2D eigenvalue weighted by molar-refractivity contribution is 7.07. The summed E-state index contributed by atoms with van der Waals surface area (Å²) in [7, 11) is 0. The maximum absolute atomic E-state index is 13.1. The van der Waals surface area contributed by atoms with Crippen LogP contribution in [-0.2, 0) is 22.7 Å². The summed E-state index contributed by atoms with van der Waals surface area (Å²) in [5, 5.41) is 3.59. The number of carbonyl (C=O) groups is 2. The van der Waals surface area contributed by atoms with Crippen LogP contribution in [0.25, 0.3) is 12.2 Å². The highest BCUT2D eigenvalue weighted by atomic mass is 35.5. The van der Waals surface area contributed by atoms with Crippen molar-refractivity contribution in [2.24, 2.45) is 5.41 Å². The summed E-state index contributed by atoms with van der Waals surface area (Å²) in [6.45, 7) is 5.33. The number of Topliss-reactive ketones (excluding diaryl/α,β-unsaturated/α-hetero) is 1. The topological polar surface area (TPSA) is 81.3 Å². The van der Waals surface area contributed by atoms with Gasteiger partial charge in [0.25, 0.3) is 5.56 Å². The minimum atomic E-state index is -0.629. The number of carbonyl (C=O) groups excluding carboxylic acids is 2. The van der Waals surface area contributed by atoms with Crippen molar-refractivity contribution in [3.8, 4) is 0 Å². The number of halogens is 2. The number of benzene rings is 1. The molecule has 0 radical (unpaired) electrons. The Bertz CT molecular complexity index is 1320. The lowest BCUT2D eigenvalue weighted by Crippen LogP contribution is -2.38. The van der Waals surface area contributed by atoms with Crippen LogP contribution in [0.1, 0.15) is 32.1 Å². The van der Waals surface area contributed by atoms with Gasteiger partial charge in [-0.15, -0.1) is 11.3 Å². The number of ketones is 1. The molecule has 0 aliphatic carbocycles. The van der Waals surface area contributed by atoms with Crippen molar-refractivity contribution in [2.45, 2.75) is 33.9 Å². The average Bonchev–Trinajstić information content (AvgIpc) is 3.32. The summed E-state index contributed by atoms with van der Waals surface area (Å²) >= 11 is 13.3. The van der Waals surface area contributed by atoms with Crippen molar-refractivity contribution >= 4 is 58.4 Å². The molecule has 0 saturated heterocycles. The number of nitrogens with one attached hydrogen (secondary N) is 1. The molecule has 32 heavy (non-hydrogen) atoms. The van der Waals surface area contributed by atoms with Gasteiger partial charge in [-0.2, -0.15) is 0 Å². The van der Waals surface area contributed by atoms with Crippen LogP contribution in [0, 0.1) is 5.41 Å². The van der Waals surface area contributed by atoms with Gasteiger partial charge < -0.3 is 9.73 Å². The van der Waals surface area contributed by atoms with Gasteiger partial charge in [0.2, 0.25) is 5.91 Å². The van der Waals surface area contributed by atoms with Crippen LogP contribution in [0.5, 0.6) is 0 Å². The van der Waals surface area contributed by atoms with Crippen molar-refractivity contribution < 1.29 is 14.0 Å². The Labute approximate surface area is 198 Å². The standard InChI is InChI=1S/C23H22Cl2N2O4S/c1-23(2,3)19(28)11-21-27(13-20(29)26-12-16-5-4-8-31-16)22(30)18(32-21)9-14-6-7-15(24)10-17(14)25/h4-11H,12-13H2,1-3H3,(H,26,29)/b18-9-,21-11-. The second kappa shape index (κ2) is 9.90. The SMILES string of the molecule is CC(C)(C)C(=O)/C=c1\s/c(=C\c2ccc(Cl)cc2Cl)c(=O)n1CC(=O)NCc1ccco1. The number of rotatable bonds is 6. The molecule has 0 saturated carbocycles. The predicted molar refractivity (Wildman–Crippen MR) is 127 cm³/mol. The maximum Gasteiger partial charge on any atom is 0.269 e. The van der Waals surface area contributed by atoms with E-state index in [0.29, 0.717) is 30.6 Å². The van der Waals surface area contributed by atoms with Gasteiger partial charge in [0.1, 0.15) is 17.0 Å². The molecule has 1 amide bonds. The number of furan rings is 1. The molecule has 0 aliphatic heterocycles. The highest BCUT2D eigenvalue weighted by Crippen LogP contribution is 2.21. The zero-order valence-corrected chi connectivity index (χ0v) is 20.1. The van der Waals surface area contributed by atoms with Crippen LogP contribution in [-0.4, -0.2) is 16.3 Å². The van der Waals surface area contributed by atoms with Gasteiger partial charge in [-0.3, -0.25) is 19.0 Å². The highest BCUT2D eigenvalue weighted by Gasteiger charge is 2.20. The van der Waals surface area contributed by atoms with Crippen LogP contribution >= 0.6 is 34.5 Å².